The number of aliphatic hydroxyl groups excluding tert-OH is 1. The number of aryl methyl sites for hydroxylation is 1. The first-order valence-electron chi connectivity index (χ1n) is 11.0. The van der Waals surface area contributed by atoms with Crippen molar-refractivity contribution in [3.63, 3.8) is 0 Å². The minimum Gasteiger partial charge on any atom is -0.391 e. The van der Waals surface area contributed by atoms with E-state index in [2.05, 4.69) is 15.6 Å². The number of carbonyl (C=O) groups is 2. The summed E-state index contributed by atoms with van der Waals surface area (Å²) < 4.78 is 13.6. The highest BCUT2D eigenvalue weighted by Crippen LogP contribution is 2.23. The zero-order valence-corrected chi connectivity index (χ0v) is 18.3. The number of anilines is 1. The summed E-state index contributed by atoms with van der Waals surface area (Å²) in [6, 6.07) is 12.6. The highest BCUT2D eigenvalue weighted by atomic mass is 19.1. The second-order valence-corrected chi connectivity index (χ2v) is 8.39. The van der Waals surface area contributed by atoms with Crippen molar-refractivity contribution in [2.24, 2.45) is 0 Å². The summed E-state index contributed by atoms with van der Waals surface area (Å²) in [5.74, 6) is -1.04. The molecule has 1 fully saturated rings. The second-order valence-electron chi connectivity index (χ2n) is 8.39. The molecule has 0 bridgehead atoms. The van der Waals surface area contributed by atoms with Gasteiger partial charge in [-0.1, -0.05) is 31.0 Å². The van der Waals surface area contributed by atoms with E-state index in [-0.39, 0.29) is 23.7 Å². The molecular weight excluding hydrogens is 421 g/mol. The van der Waals surface area contributed by atoms with E-state index in [4.69, 9.17) is 0 Å². The Balaban J connectivity index is 1.50. The molecule has 0 radical (unpaired) electrons. The van der Waals surface area contributed by atoms with Crippen LogP contribution >= 0.6 is 0 Å². The predicted octanol–water partition coefficient (Wildman–Crippen LogP) is 4.48. The molecule has 1 aromatic heterocycles. The summed E-state index contributed by atoms with van der Waals surface area (Å²) in [5.41, 5.74) is 3.27. The van der Waals surface area contributed by atoms with Crippen molar-refractivity contribution < 1.29 is 19.1 Å². The molecule has 3 aromatic rings. The second kappa shape index (κ2) is 9.92. The van der Waals surface area contributed by atoms with E-state index in [9.17, 15) is 19.1 Å². The summed E-state index contributed by atoms with van der Waals surface area (Å²) in [5, 5.41) is 15.9. The van der Waals surface area contributed by atoms with Crippen LogP contribution in [0.2, 0.25) is 0 Å². The standard InChI is InChI=1S/C26H26FN3O3/c1-16-9-10-18(25(32)29-22-7-2-3-8-24(22)31)13-23(16)30-26(33)20-11-19(14-28-15-20)17-5-4-6-21(27)12-17/h4-6,9-15,22,24,31H,2-3,7-8H2,1H3,(H,29,32)(H,30,33)/t22-,24-/m0/s1. The highest BCUT2D eigenvalue weighted by Gasteiger charge is 2.25. The lowest BCUT2D eigenvalue weighted by molar-refractivity contribution is 0.0717. The average Bonchev–Trinajstić information content (AvgIpc) is 2.82. The molecule has 2 aromatic carbocycles. The Morgan fingerprint density at radius 2 is 1.79 bits per heavy atom. The molecule has 170 valence electrons. The number of nitrogens with one attached hydrogen (secondary N) is 2. The number of nitrogens with zero attached hydrogens (tertiary/aromatic N) is 1. The number of aromatic nitrogens is 1. The van der Waals surface area contributed by atoms with Crippen LogP contribution in [0.25, 0.3) is 11.1 Å². The van der Waals surface area contributed by atoms with Gasteiger partial charge in [-0.25, -0.2) is 4.39 Å². The van der Waals surface area contributed by atoms with Crippen molar-refractivity contribution in [2.45, 2.75) is 44.8 Å². The zero-order chi connectivity index (χ0) is 23.4. The van der Waals surface area contributed by atoms with Crippen molar-refractivity contribution >= 4 is 17.5 Å². The molecule has 1 aliphatic carbocycles. The molecule has 0 spiro atoms. The number of hydrogen-bond donors (Lipinski definition) is 3. The van der Waals surface area contributed by atoms with Crippen molar-refractivity contribution in [1.29, 1.82) is 0 Å². The monoisotopic (exact) mass is 447 g/mol. The number of amides is 2. The van der Waals surface area contributed by atoms with Gasteiger partial charge < -0.3 is 15.7 Å². The van der Waals surface area contributed by atoms with Crippen molar-refractivity contribution in [3.8, 4) is 11.1 Å². The van der Waals surface area contributed by atoms with Crippen LogP contribution in [0.4, 0.5) is 10.1 Å². The van der Waals surface area contributed by atoms with E-state index >= 15 is 0 Å². The maximum atomic E-state index is 13.6. The van der Waals surface area contributed by atoms with Crippen LogP contribution < -0.4 is 10.6 Å². The summed E-state index contributed by atoms with van der Waals surface area (Å²) in [6.07, 6.45) is 5.84. The van der Waals surface area contributed by atoms with E-state index in [1.54, 1.807) is 42.6 Å². The first-order valence-corrected chi connectivity index (χ1v) is 11.0. The largest absolute Gasteiger partial charge is 0.391 e. The van der Waals surface area contributed by atoms with Gasteiger partial charge in [-0.3, -0.25) is 14.6 Å². The fraction of sp³-hybridized carbons (Fsp3) is 0.269. The number of pyridine rings is 1. The molecule has 1 heterocycles. The molecule has 4 rings (SSSR count). The van der Waals surface area contributed by atoms with E-state index in [1.165, 1.54) is 18.3 Å². The summed E-state index contributed by atoms with van der Waals surface area (Å²) in [4.78, 5) is 29.8. The Labute approximate surface area is 191 Å². The molecular formula is C26H26FN3O3. The first kappa shape index (κ1) is 22.6. The summed E-state index contributed by atoms with van der Waals surface area (Å²) in [6.45, 7) is 1.84. The lowest BCUT2D eigenvalue weighted by Crippen LogP contribution is -2.45. The molecule has 2 amide bonds. The number of benzene rings is 2. The fourth-order valence-electron chi connectivity index (χ4n) is 4.01. The zero-order valence-electron chi connectivity index (χ0n) is 18.3. The number of carbonyl (C=O) groups excluding carboxylic acids is 2. The highest BCUT2D eigenvalue weighted by molar-refractivity contribution is 6.06. The van der Waals surface area contributed by atoms with Gasteiger partial charge in [-0.2, -0.15) is 0 Å². The lowest BCUT2D eigenvalue weighted by Gasteiger charge is -2.28. The quantitative estimate of drug-likeness (QED) is 0.538. The molecule has 1 aliphatic rings. The lowest BCUT2D eigenvalue weighted by atomic mass is 9.92. The Morgan fingerprint density at radius 3 is 2.58 bits per heavy atom. The van der Waals surface area contributed by atoms with E-state index in [0.29, 0.717) is 34.4 Å². The van der Waals surface area contributed by atoms with Crippen LogP contribution in [0.15, 0.2) is 60.9 Å². The van der Waals surface area contributed by atoms with E-state index in [1.807, 2.05) is 6.92 Å². The van der Waals surface area contributed by atoms with Gasteiger partial charge in [0.2, 0.25) is 0 Å². The average molecular weight is 448 g/mol. The van der Waals surface area contributed by atoms with Gasteiger partial charge in [0.25, 0.3) is 11.8 Å². The van der Waals surface area contributed by atoms with Gasteiger partial charge in [-0.05, 0) is 61.2 Å². The van der Waals surface area contributed by atoms with Crippen LogP contribution in [-0.4, -0.2) is 34.1 Å². The van der Waals surface area contributed by atoms with Crippen LogP contribution in [0.5, 0.6) is 0 Å². The van der Waals surface area contributed by atoms with Gasteiger partial charge in [-0.15, -0.1) is 0 Å². The topological polar surface area (TPSA) is 91.3 Å². The van der Waals surface area contributed by atoms with Gasteiger partial charge in [0, 0.05) is 29.2 Å². The molecule has 7 heteroatoms. The molecule has 0 aliphatic heterocycles. The Hall–Kier alpha value is -3.58. The molecule has 0 saturated heterocycles. The maximum absolute atomic E-state index is 13.6. The maximum Gasteiger partial charge on any atom is 0.257 e. The summed E-state index contributed by atoms with van der Waals surface area (Å²) >= 11 is 0. The van der Waals surface area contributed by atoms with Gasteiger partial charge >= 0.3 is 0 Å². The SMILES string of the molecule is Cc1ccc(C(=O)N[C@H]2CCCC[C@@H]2O)cc1NC(=O)c1cncc(-c2cccc(F)c2)c1. The third-order valence-electron chi connectivity index (χ3n) is 5.95. The third-order valence-corrected chi connectivity index (χ3v) is 5.95. The Morgan fingerprint density at radius 1 is 0.970 bits per heavy atom. The van der Waals surface area contributed by atoms with Crippen molar-refractivity contribution in [2.75, 3.05) is 5.32 Å². The van der Waals surface area contributed by atoms with Crippen LogP contribution in [0, 0.1) is 12.7 Å². The molecule has 3 N–H and O–H groups in total. The fourth-order valence-corrected chi connectivity index (χ4v) is 4.01. The minimum absolute atomic E-state index is 0.262. The van der Waals surface area contributed by atoms with Crippen molar-refractivity contribution in [3.05, 3.63) is 83.4 Å². The number of rotatable bonds is 5. The van der Waals surface area contributed by atoms with Crippen molar-refractivity contribution in [1.82, 2.24) is 10.3 Å². The third kappa shape index (κ3) is 5.43. The van der Waals surface area contributed by atoms with E-state index < -0.39 is 6.10 Å². The van der Waals surface area contributed by atoms with Crippen LogP contribution in [0.1, 0.15) is 52.0 Å². The Bertz CT molecular complexity index is 1180. The molecule has 6 nitrogen and oxygen atoms in total. The van der Waals surface area contributed by atoms with E-state index in [0.717, 1.165) is 24.8 Å². The smallest absolute Gasteiger partial charge is 0.257 e. The molecule has 33 heavy (non-hydrogen) atoms. The van der Waals surface area contributed by atoms with Gasteiger partial charge in [0.1, 0.15) is 5.82 Å². The summed E-state index contributed by atoms with van der Waals surface area (Å²) in [7, 11) is 0. The number of hydrogen-bond acceptors (Lipinski definition) is 4. The molecule has 1 saturated carbocycles. The normalized spacial score (nSPS) is 17.9. The number of halogens is 1. The van der Waals surface area contributed by atoms with Crippen LogP contribution in [0.3, 0.4) is 0 Å². The number of aliphatic hydroxyl groups is 1. The van der Waals surface area contributed by atoms with Gasteiger partial charge in [0.15, 0.2) is 0 Å². The predicted molar refractivity (Wildman–Crippen MR) is 124 cm³/mol. The van der Waals surface area contributed by atoms with Crippen LogP contribution in [-0.2, 0) is 0 Å². The first-order chi connectivity index (χ1) is 15.9. The Kier molecular flexibility index (Phi) is 6.79. The molecule has 0 unspecified atom stereocenters. The molecule has 2 atom stereocenters. The van der Waals surface area contributed by atoms with Gasteiger partial charge in [0.05, 0.1) is 17.7 Å². The minimum atomic E-state index is -0.537.